The molecule has 20 heavy (non-hydrogen) atoms. The highest BCUT2D eigenvalue weighted by Gasteiger charge is 2.34. The van der Waals surface area contributed by atoms with Crippen molar-refractivity contribution in [1.82, 2.24) is 0 Å². The van der Waals surface area contributed by atoms with E-state index >= 15 is 0 Å². The summed E-state index contributed by atoms with van der Waals surface area (Å²) in [5.41, 5.74) is 7.14. The van der Waals surface area contributed by atoms with E-state index in [4.69, 9.17) is 15.2 Å². The standard InChI is InChI=1S/C13H16BrNO4S/c14-10-6-12-11(18-2-3-19-12)5-9(10)13(15)8-1-4-20(16,17)7-8/h5-6,8,13H,1-4,7,15H2. The van der Waals surface area contributed by atoms with Crippen molar-refractivity contribution < 1.29 is 17.9 Å². The second-order valence-corrected chi connectivity index (χ2v) is 8.29. The van der Waals surface area contributed by atoms with Gasteiger partial charge in [0, 0.05) is 10.5 Å². The topological polar surface area (TPSA) is 78.6 Å². The maximum atomic E-state index is 11.6. The number of hydrogen-bond acceptors (Lipinski definition) is 5. The van der Waals surface area contributed by atoms with Crippen LogP contribution in [0.1, 0.15) is 18.0 Å². The summed E-state index contributed by atoms with van der Waals surface area (Å²) >= 11 is 3.49. The van der Waals surface area contributed by atoms with Crippen molar-refractivity contribution in [3.63, 3.8) is 0 Å². The molecule has 2 aliphatic rings. The summed E-state index contributed by atoms with van der Waals surface area (Å²) in [5.74, 6) is 1.71. The van der Waals surface area contributed by atoms with Gasteiger partial charge >= 0.3 is 0 Å². The zero-order chi connectivity index (χ0) is 14.3. The van der Waals surface area contributed by atoms with E-state index in [2.05, 4.69) is 15.9 Å². The molecule has 0 saturated carbocycles. The zero-order valence-electron chi connectivity index (χ0n) is 10.8. The average molecular weight is 362 g/mol. The monoisotopic (exact) mass is 361 g/mol. The van der Waals surface area contributed by atoms with Crippen LogP contribution in [0.5, 0.6) is 11.5 Å². The molecular formula is C13H16BrNO4S. The predicted molar refractivity (Wildman–Crippen MR) is 78.8 cm³/mol. The van der Waals surface area contributed by atoms with E-state index in [-0.39, 0.29) is 23.5 Å². The lowest BCUT2D eigenvalue weighted by atomic mass is 9.93. The largest absolute Gasteiger partial charge is 0.486 e. The summed E-state index contributed by atoms with van der Waals surface area (Å²) in [5, 5.41) is 0. The average Bonchev–Trinajstić information content (AvgIpc) is 2.77. The molecule has 0 aromatic heterocycles. The van der Waals surface area contributed by atoms with Gasteiger partial charge < -0.3 is 15.2 Å². The molecule has 2 N–H and O–H groups in total. The van der Waals surface area contributed by atoms with Crippen LogP contribution < -0.4 is 15.2 Å². The van der Waals surface area contributed by atoms with Crippen LogP contribution in [0.3, 0.4) is 0 Å². The second-order valence-electron chi connectivity index (χ2n) is 5.21. The van der Waals surface area contributed by atoms with E-state index in [1.165, 1.54) is 0 Å². The van der Waals surface area contributed by atoms with Crippen LogP contribution in [-0.4, -0.2) is 33.1 Å². The quantitative estimate of drug-likeness (QED) is 0.866. The molecule has 2 unspecified atom stereocenters. The Hall–Kier alpha value is -0.790. The number of ether oxygens (including phenoxy) is 2. The van der Waals surface area contributed by atoms with Crippen LogP contribution in [0.25, 0.3) is 0 Å². The van der Waals surface area contributed by atoms with Crippen LogP contribution in [-0.2, 0) is 9.84 Å². The second kappa shape index (κ2) is 5.20. The molecule has 0 radical (unpaired) electrons. The van der Waals surface area contributed by atoms with Gasteiger partial charge in [-0.15, -0.1) is 0 Å². The summed E-state index contributed by atoms with van der Waals surface area (Å²) in [6.45, 7) is 1.05. The molecule has 1 saturated heterocycles. The molecule has 2 heterocycles. The fraction of sp³-hybridized carbons (Fsp3) is 0.538. The number of halogens is 1. The summed E-state index contributed by atoms with van der Waals surface area (Å²) in [6.07, 6.45) is 0.615. The van der Waals surface area contributed by atoms with Crippen molar-refractivity contribution in [2.75, 3.05) is 24.7 Å². The van der Waals surface area contributed by atoms with Gasteiger partial charge in [0.25, 0.3) is 0 Å². The molecule has 1 fully saturated rings. The third-order valence-electron chi connectivity index (χ3n) is 3.80. The van der Waals surface area contributed by atoms with Crippen LogP contribution in [0.2, 0.25) is 0 Å². The number of fused-ring (bicyclic) bond motifs is 1. The van der Waals surface area contributed by atoms with E-state index in [0.717, 1.165) is 10.0 Å². The van der Waals surface area contributed by atoms with Gasteiger partial charge in [-0.25, -0.2) is 8.42 Å². The highest BCUT2D eigenvalue weighted by Crippen LogP contribution is 2.40. The molecule has 5 nitrogen and oxygen atoms in total. The first kappa shape index (κ1) is 14.2. The molecular weight excluding hydrogens is 346 g/mol. The third kappa shape index (κ3) is 2.66. The Balaban J connectivity index is 1.90. The summed E-state index contributed by atoms with van der Waals surface area (Å²) in [6, 6.07) is 3.37. The van der Waals surface area contributed by atoms with E-state index in [0.29, 0.717) is 31.1 Å². The van der Waals surface area contributed by atoms with Gasteiger partial charge in [-0.2, -0.15) is 0 Å². The minimum Gasteiger partial charge on any atom is -0.486 e. The lowest BCUT2D eigenvalue weighted by Crippen LogP contribution is -2.23. The SMILES string of the molecule is NC(c1cc2c(cc1Br)OCCO2)C1CCS(=O)(=O)C1. The summed E-state index contributed by atoms with van der Waals surface area (Å²) < 4.78 is 35.1. The molecule has 0 aliphatic carbocycles. The van der Waals surface area contributed by atoms with Gasteiger partial charge in [0.2, 0.25) is 0 Å². The first-order valence-corrected chi connectivity index (χ1v) is 9.13. The van der Waals surface area contributed by atoms with Crippen LogP contribution >= 0.6 is 15.9 Å². The van der Waals surface area contributed by atoms with Crippen LogP contribution in [0, 0.1) is 5.92 Å². The zero-order valence-corrected chi connectivity index (χ0v) is 13.2. The van der Waals surface area contributed by atoms with E-state index < -0.39 is 9.84 Å². The molecule has 0 bridgehead atoms. The molecule has 1 aromatic carbocycles. The number of rotatable bonds is 2. The van der Waals surface area contributed by atoms with Crippen molar-refractivity contribution >= 4 is 25.8 Å². The number of hydrogen-bond donors (Lipinski definition) is 1. The molecule has 2 atom stereocenters. The molecule has 0 amide bonds. The van der Waals surface area contributed by atoms with Crippen LogP contribution in [0.4, 0.5) is 0 Å². The lowest BCUT2D eigenvalue weighted by Gasteiger charge is -2.24. The molecule has 0 spiro atoms. The smallest absolute Gasteiger partial charge is 0.162 e. The maximum Gasteiger partial charge on any atom is 0.162 e. The highest BCUT2D eigenvalue weighted by molar-refractivity contribution is 9.10. The minimum atomic E-state index is -2.93. The van der Waals surface area contributed by atoms with Gasteiger partial charge in [-0.1, -0.05) is 15.9 Å². The van der Waals surface area contributed by atoms with Gasteiger partial charge in [-0.3, -0.25) is 0 Å². The first-order valence-electron chi connectivity index (χ1n) is 6.51. The van der Waals surface area contributed by atoms with Crippen molar-refractivity contribution in [3.05, 3.63) is 22.2 Å². The molecule has 1 aromatic rings. The third-order valence-corrected chi connectivity index (χ3v) is 6.28. The Morgan fingerprint density at radius 3 is 2.50 bits per heavy atom. The Morgan fingerprint density at radius 2 is 1.90 bits per heavy atom. The molecule has 3 rings (SSSR count). The number of nitrogens with two attached hydrogens (primary N) is 1. The maximum absolute atomic E-state index is 11.6. The summed E-state index contributed by atoms with van der Waals surface area (Å²) in [7, 11) is -2.93. The predicted octanol–water partition coefficient (Wildman–Crippen LogP) is 1.65. The Labute approximate surface area is 126 Å². The minimum absolute atomic E-state index is 0.0427. The van der Waals surface area contributed by atoms with Crippen LogP contribution in [0.15, 0.2) is 16.6 Å². The molecule has 2 aliphatic heterocycles. The Bertz CT molecular complexity index is 632. The number of sulfone groups is 1. The van der Waals surface area contributed by atoms with Gasteiger partial charge in [0.1, 0.15) is 13.2 Å². The Morgan fingerprint density at radius 1 is 1.25 bits per heavy atom. The highest BCUT2D eigenvalue weighted by atomic mass is 79.9. The van der Waals surface area contributed by atoms with Crippen molar-refractivity contribution in [2.45, 2.75) is 12.5 Å². The van der Waals surface area contributed by atoms with Crippen molar-refractivity contribution in [3.8, 4) is 11.5 Å². The fourth-order valence-electron chi connectivity index (χ4n) is 2.70. The fourth-order valence-corrected chi connectivity index (χ4v) is 5.14. The molecule has 110 valence electrons. The summed E-state index contributed by atoms with van der Waals surface area (Å²) in [4.78, 5) is 0. The van der Waals surface area contributed by atoms with E-state index in [1.807, 2.05) is 12.1 Å². The van der Waals surface area contributed by atoms with Crippen molar-refractivity contribution in [2.24, 2.45) is 11.7 Å². The molecule has 7 heteroatoms. The van der Waals surface area contributed by atoms with Gasteiger partial charge in [0.05, 0.1) is 11.5 Å². The van der Waals surface area contributed by atoms with Crippen molar-refractivity contribution in [1.29, 1.82) is 0 Å². The van der Waals surface area contributed by atoms with Gasteiger partial charge in [0.15, 0.2) is 21.3 Å². The lowest BCUT2D eigenvalue weighted by molar-refractivity contribution is 0.171. The first-order chi connectivity index (χ1) is 9.46. The van der Waals surface area contributed by atoms with Gasteiger partial charge in [-0.05, 0) is 30.0 Å². The normalized spacial score (nSPS) is 25.4. The van der Waals surface area contributed by atoms with E-state index in [9.17, 15) is 8.42 Å². The Kier molecular flexibility index (Phi) is 3.68. The number of benzene rings is 1. The van der Waals surface area contributed by atoms with E-state index in [1.54, 1.807) is 0 Å².